The highest BCUT2D eigenvalue weighted by atomic mass is 16.3. The molecule has 1 unspecified atom stereocenters. The summed E-state index contributed by atoms with van der Waals surface area (Å²) in [5, 5.41) is 12.5. The number of aliphatic hydroxyl groups excluding tert-OH is 1. The predicted molar refractivity (Wildman–Crippen MR) is 64.0 cm³/mol. The molecule has 2 atom stereocenters. The average Bonchev–Trinajstić information content (AvgIpc) is 2.14. The van der Waals surface area contributed by atoms with Gasteiger partial charge in [0.05, 0.1) is 6.10 Å². The first-order valence-electron chi connectivity index (χ1n) is 5.49. The van der Waals surface area contributed by atoms with Crippen LogP contribution in [0.2, 0.25) is 0 Å². The summed E-state index contributed by atoms with van der Waals surface area (Å²) in [7, 11) is 0. The van der Waals surface area contributed by atoms with Gasteiger partial charge >= 0.3 is 0 Å². The lowest BCUT2D eigenvalue weighted by molar-refractivity contribution is 0.187. The van der Waals surface area contributed by atoms with Crippen LogP contribution in [0.3, 0.4) is 0 Å². The van der Waals surface area contributed by atoms with E-state index in [1.165, 1.54) is 16.7 Å². The van der Waals surface area contributed by atoms with Crippen LogP contribution in [0.15, 0.2) is 18.2 Å². The Hall–Kier alpha value is -0.860. The molecule has 15 heavy (non-hydrogen) atoms. The molecule has 0 aliphatic carbocycles. The van der Waals surface area contributed by atoms with Gasteiger partial charge in [0.25, 0.3) is 0 Å². The Kier molecular flexibility index (Phi) is 4.30. The highest BCUT2D eigenvalue weighted by Crippen LogP contribution is 2.18. The number of aryl methyl sites for hydroxylation is 2. The Labute approximate surface area is 92.3 Å². The van der Waals surface area contributed by atoms with Crippen LogP contribution in [-0.4, -0.2) is 17.8 Å². The van der Waals surface area contributed by atoms with Gasteiger partial charge in [-0.05, 0) is 38.8 Å². The number of hydrogen-bond acceptors (Lipinski definition) is 2. The Morgan fingerprint density at radius 3 is 2.47 bits per heavy atom. The van der Waals surface area contributed by atoms with Crippen molar-refractivity contribution < 1.29 is 5.11 Å². The third-order valence-electron chi connectivity index (χ3n) is 2.61. The average molecular weight is 207 g/mol. The second-order valence-corrected chi connectivity index (χ2v) is 4.34. The van der Waals surface area contributed by atoms with Crippen LogP contribution in [0.25, 0.3) is 0 Å². The summed E-state index contributed by atoms with van der Waals surface area (Å²) in [6, 6.07) is 6.77. The molecule has 0 fully saturated rings. The molecule has 0 spiro atoms. The van der Waals surface area contributed by atoms with E-state index in [1.54, 1.807) is 6.92 Å². The van der Waals surface area contributed by atoms with Gasteiger partial charge in [-0.2, -0.15) is 0 Å². The van der Waals surface area contributed by atoms with Gasteiger partial charge < -0.3 is 10.4 Å². The van der Waals surface area contributed by atoms with Crippen molar-refractivity contribution in [3.63, 3.8) is 0 Å². The highest BCUT2D eigenvalue weighted by molar-refractivity contribution is 5.32. The SMILES string of the molecule is Cc1ccc(C(C)NC[C@H](C)O)c(C)c1. The molecule has 0 amide bonds. The van der Waals surface area contributed by atoms with E-state index in [4.69, 9.17) is 0 Å². The van der Waals surface area contributed by atoms with Crippen LogP contribution in [-0.2, 0) is 0 Å². The summed E-state index contributed by atoms with van der Waals surface area (Å²) in [6.07, 6.45) is -0.293. The molecule has 0 aliphatic rings. The summed E-state index contributed by atoms with van der Waals surface area (Å²) >= 11 is 0. The Morgan fingerprint density at radius 2 is 1.93 bits per heavy atom. The lowest BCUT2D eigenvalue weighted by Crippen LogP contribution is -2.27. The van der Waals surface area contributed by atoms with Gasteiger partial charge in [0, 0.05) is 12.6 Å². The normalized spacial score (nSPS) is 15.0. The Morgan fingerprint density at radius 1 is 1.27 bits per heavy atom. The molecule has 0 aliphatic heterocycles. The Bertz CT molecular complexity index is 320. The molecular formula is C13H21NO. The predicted octanol–water partition coefficient (Wildman–Crippen LogP) is 2.33. The van der Waals surface area contributed by atoms with Crippen molar-refractivity contribution in [2.45, 2.75) is 39.8 Å². The standard InChI is InChI=1S/C13H21NO/c1-9-5-6-13(10(2)7-9)12(4)14-8-11(3)15/h5-7,11-12,14-15H,8H2,1-4H3/t11-,12?/m0/s1. The molecule has 1 aromatic rings. The fourth-order valence-corrected chi connectivity index (χ4v) is 1.77. The molecule has 0 bridgehead atoms. The molecule has 0 saturated carbocycles. The summed E-state index contributed by atoms with van der Waals surface area (Å²) in [5.74, 6) is 0. The summed E-state index contributed by atoms with van der Waals surface area (Å²) in [6.45, 7) is 8.78. The number of rotatable bonds is 4. The molecule has 84 valence electrons. The fourth-order valence-electron chi connectivity index (χ4n) is 1.77. The molecule has 0 aromatic heterocycles. The van der Waals surface area contributed by atoms with Gasteiger partial charge in [-0.15, -0.1) is 0 Å². The number of benzene rings is 1. The fraction of sp³-hybridized carbons (Fsp3) is 0.538. The van der Waals surface area contributed by atoms with Crippen LogP contribution in [0.4, 0.5) is 0 Å². The van der Waals surface area contributed by atoms with E-state index < -0.39 is 0 Å². The first-order valence-corrected chi connectivity index (χ1v) is 5.49. The van der Waals surface area contributed by atoms with Gasteiger partial charge in [0.2, 0.25) is 0 Å². The number of hydrogen-bond donors (Lipinski definition) is 2. The third-order valence-corrected chi connectivity index (χ3v) is 2.61. The first-order chi connectivity index (χ1) is 7.00. The van der Waals surface area contributed by atoms with Gasteiger partial charge in [0.1, 0.15) is 0 Å². The van der Waals surface area contributed by atoms with Crippen molar-refractivity contribution in [2.24, 2.45) is 0 Å². The van der Waals surface area contributed by atoms with Crippen LogP contribution in [0, 0.1) is 13.8 Å². The monoisotopic (exact) mass is 207 g/mol. The van der Waals surface area contributed by atoms with E-state index in [9.17, 15) is 5.11 Å². The maximum atomic E-state index is 9.20. The second kappa shape index (κ2) is 5.29. The molecule has 2 N–H and O–H groups in total. The largest absolute Gasteiger partial charge is 0.392 e. The molecule has 0 saturated heterocycles. The highest BCUT2D eigenvalue weighted by Gasteiger charge is 2.08. The molecular weight excluding hydrogens is 186 g/mol. The van der Waals surface area contributed by atoms with E-state index in [1.807, 2.05) is 0 Å². The van der Waals surface area contributed by atoms with E-state index in [-0.39, 0.29) is 6.10 Å². The number of nitrogens with one attached hydrogen (secondary N) is 1. The van der Waals surface area contributed by atoms with Crippen LogP contribution in [0.1, 0.15) is 36.6 Å². The van der Waals surface area contributed by atoms with E-state index in [2.05, 4.69) is 44.3 Å². The Balaban J connectivity index is 2.69. The summed E-state index contributed by atoms with van der Waals surface area (Å²) < 4.78 is 0. The molecule has 2 nitrogen and oxygen atoms in total. The quantitative estimate of drug-likeness (QED) is 0.794. The van der Waals surface area contributed by atoms with Crippen molar-refractivity contribution in [3.8, 4) is 0 Å². The van der Waals surface area contributed by atoms with Crippen LogP contribution >= 0.6 is 0 Å². The topological polar surface area (TPSA) is 32.3 Å². The molecule has 2 heteroatoms. The van der Waals surface area contributed by atoms with Gasteiger partial charge in [-0.1, -0.05) is 23.8 Å². The van der Waals surface area contributed by atoms with Crippen molar-refractivity contribution in [2.75, 3.05) is 6.54 Å². The van der Waals surface area contributed by atoms with Gasteiger partial charge in [-0.3, -0.25) is 0 Å². The van der Waals surface area contributed by atoms with Crippen LogP contribution in [0.5, 0.6) is 0 Å². The maximum Gasteiger partial charge on any atom is 0.0636 e. The van der Waals surface area contributed by atoms with E-state index >= 15 is 0 Å². The van der Waals surface area contributed by atoms with Crippen molar-refractivity contribution >= 4 is 0 Å². The first kappa shape index (κ1) is 12.2. The van der Waals surface area contributed by atoms with Crippen molar-refractivity contribution in [1.29, 1.82) is 0 Å². The van der Waals surface area contributed by atoms with Gasteiger partial charge in [0.15, 0.2) is 0 Å². The van der Waals surface area contributed by atoms with Crippen LogP contribution < -0.4 is 5.32 Å². The minimum atomic E-state index is -0.293. The van der Waals surface area contributed by atoms with Crippen molar-refractivity contribution in [1.82, 2.24) is 5.32 Å². The zero-order valence-corrected chi connectivity index (χ0v) is 10.0. The van der Waals surface area contributed by atoms with Gasteiger partial charge in [-0.25, -0.2) is 0 Å². The zero-order valence-electron chi connectivity index (χ0n) is 10.0. The van der Waals surface area contributed by atoms with E-state index in [0.29, 0.717) is 12.6 Å². The second-order valence-electron chi connectivity index (χ2n) is 4.34. The minimum absolute atomic E-state index is 0.292. The van der Waals surface area contributed by atoms with E-state index in [0.717, 1.165) is 0 Å². The molecule has 0 radical (unpaired) electrons. The number of aliphatic hydroxyl groups is 1. The zero-order chi connectivity index (χ0) is 11.4. The lowest BCUT2D eigenvalue weighted by atomic mass is 10.0. The third kappa shape index (κ3) is 3.65. The molecule has 0 heterocycles. The summed E-state index contributed by atoms with van der Waals surface area (Å²) in [5.41, 5.74) is 3.90. The maximum absolute atomic E-state index is 9.20. The lowest BCUT2D eigenvalue weighted by Gasteiger charge is -2.18. The smallest absolute Gasteiger partial charge is 0.0636 e. The molecule has 1 rings (SSSR count). The minimum Gasteiger partial charge on any atom is -0.392 e. The summed E-state index contributed by atoms with van der Waals surface area (Å²) in [4.78, 5) is 0. The molecule has 1 aromatic carbocycles. The van der Waals surface area contributed by atoms with Crippen molar-refractivity contribution in [3.05, 3.63) is 34.9 Å².